The third-order valence-electron chi connectivity index (χ3n) is 2.27. The minimum absolute atomic E-state index is 0.159. The average molecular weight is 216 g/mol. The molecule has 1 aliphatic carbocycles. The molecular weight excluding hydrogens is 206 g/mol. The highest BCUT2D eigenvalue weighted by atomic mass is 79.9. The third-order valence-corrected chi connectivity index (χ3v) is 2.68. The zero-order valence-corrected chi connectivity index (χ0v) is 7.94. The second-order valence-corrected chi connectivity index (χ2v) is 3.88. The average Bonchev–Trinajstić information content (AvgIpc) is 2.70. The Morgan fingerprint density at radius 1 is 1.64 bits per heavy atom. The Kier molecular flexibility index (Phi) is 1.58. The monoisotopic (exact) mass is 215 g/mol. The lowest BCUT2D eigenvalue weighted by molar-refractivity contribution is 0.417. The maximum absolute atomic E-state index is 5.37. The maximum atomic E-state index is 5.37. The first-order valence-electron chi connectivity index (χ1n) is 3.70. The van der Waals surface area contributed by atoms with E-state index < -0.39 is 0 Å². The van der Waals surface area contributed by atoms with Gasteiger partial charge in [-0.15, -0.1) is 0 Å². The molecule has 1 saturated carbocycles. The molecule has 1 heterocycles. The first kappa shape index (κ1) is 7.37. The van der Waals surface area contributed by atoms with Crippen LogP contribution in [0.4, 0.5) is 0 Å². The van der Waals surface area contributed by atoms with E-state index >= 15 is 0 Å². The van der Waals surface area contributed by atoms with Crippen molar-refractivity contribution in [2.24, 2.45) is 0 Å². The molecule has 0 atom stereocenters. The Balaban J connectivity index is 2.29. The van der Waals surface area contributed by atoms with Crippen LogP contribution in [0.15, 0.2) is 21.2 Å². The summed E-state index contributed by atoms with van der Waals surface area (Å²) < 4.78 is 6.40. The van der Waals surface area contributed by atoms with E-state index in [1.54, 1.807) is 6.26 Å². The summed E-state index contributed by atoms with van der Waals surface area (Å²) in [5.74, 6) is 1.05. The third kappa shape index (κ3) is 1.12. The van der Waals surface area contributed by atoms with E-state index in [9.17, 15) is 0 Å². The van der Waals surface area contributed by atoms with E-state index in [1.807, 2.05) is 13.1 Å². The predicted octanol–water partition coefficient (Wildman–Crippen LogP) is 2.25. The summed E-state index contributed by atoms with van der Waals surface area (Å²) in [6, 6.07) is 2.03. The van der Waals surface area contributed by atoms with Crippen LogP contribution in [0.3, 0.4) is 0 Å². The van der Waals surface area contributed by atoms with Gasteiger partial charge >= 0.3 is 0 Å². The van der Waals surface area contributed by atoms with Crippen molar-refractivity contribution in [3.05, 3.63) is 22.6 Å². The fourth-order valence-corrected chi connectivity index (χ4v) is 1.61. The van der Waals surface area contributed by atoms with Gasteiger partial charge in [0.15, 0.2) is 0 Å². The Labute approximate surface area is 74.1 Å². The minimum Gasteiger partial charge on any atom is -0.466 e. The van der Waals surface area contributed by atoms with Gasteiger partial charge in [0.1, 0.15) is 12.0 Å². The molecule has 0 saturated heterocycles. The van der Waals surface area contributed by atoms with Crippen molar-refractivity contribution in [3.63, 3.8) is 0 Å². The highest BCUT2D eigenvalue weighted by Gasteiger charge is 2.45. The van der Waals surface area contributed by atoms with Crippen LogP contribution in [0.2, 0.25) is 0 Å². The first-order valence-corrected chi connectivity index (χ1v) is 4.49. The quantitative estimate of drug-likeness (QED) is 0.820. The SMILES string of the molecule is CNC1(c2cc(Br)co2)CC1. The molecule has 0 aliphatic heterocycles. The summed E-state index contributed by atoms with van der Waals surface area (Å²) >= 11 is 3.36. The summed E-state index contributed by atoms with van der Waals surface area (Å²) in [6.45, 7) is 0. The molecule has 0 unspecified atom stereocenters. The van der Waals surface area contributed by atoms with Crippen LogP contribution >= 0.6 is 15.9 Å². The molecule has 2 nitrogen and oxygen atoms in total. The van der Waals surface area contributed by atoms with Gasteiger partial charge in [-0.3, -0.25) is 0 Å². The number of hydrogen-bond acceptors (Lipinski definition) is 2. The van der Waals surface area contributed by atoms with Crippen LogP contribution in [-0.2, 0) is 5.54 Å². The zero-order valence-electron chi connectivity index (χ0n) is 6.36. The van der Waals surface area contributed by atoms with Crippen LogP contribution in [0, 0.1) is 0 Å². The summed E-state index contributed by atoms with van der Waals surface area (Å²) in [5.41, 5.74) is 0.159. The lowest BCUT2D eigenvalue weighted by atomic mass is 10.2. The summed E-state index contributed by atoms with van der Waals surface area (Å²) in [5, 5.41) is 3.27. The van der Waals surface area contributed by atoms with Gasteiger partial charge in [0.2, 0.25) is 0 Å². The molecule has 1 N–H and O–H groups in total. The summed E-state index contributed by atoms with van der Waals surface area (Å²) in [6.07, 6.45) is 4.10. The fraction of sp³-hybridized carbons (Fsp3) is 0.500. The van der Waals surface area contributed by atoms with Crippen LogP contribution in [0.5, 0.6) is 0 Å². The number of hydrogen-bond donors (Lipinski definition) is 1. The topological polar surface area (TPSA) is 25.2 Å². The van der Waals surface area contributed by atoms with Gasteiger partial charge in [-0.1, -0.05) is 0 Å². The number of rotatable bonds is 2. The molecule has 0 amide bonds. The van der Waals surface area contributed by atoms with Crippen molar-refractivity contribution in [2.75, 3.05) is 7.05 Å². The number of nitrogens with one attached hydrogen (secondary N) is 1. The van der Waals surface area contributed by atoms with Crippen molar-refractivity contribution in [1.82, 2.24) is 5.32 Å². The lowest BCUT2D eigenvalue weighted by Gasteiger charge is -2.08. The normalized spacial score (nSPS) is 20.2. The van der Waals surface area contributed by atoms with Gasteiger partial charge in [-0.25, -0.2) is 0 Å². The largest absolute Gasteiger partial charge is 0.466 e. The van der Waals surface area contributed by atoms with Crippen molar-refractivity contribution < 1.29 is 4.42 Å². The van der Waals surface area contributed by atoms with E-state index in [0.717, 1.165) is 10.2 Å². The lowest BCUT2D eigenvalue weighted by Crippen LogP contribution is -2.23. The van der Waals surface area contributed by atoms with Gasteiger partial charge in [-0.05, 0) is 41.9 Å². The first-order chi connectivity index (χ1) is 5.27. The van der Waals surface area contributed by atoms with Gasteiger partial charge in [0.05, 0.1) is 10.0 Å². The Hall–Kier alpha value is -0.280. The van der Waals surface area contributed by atoms with Crippen LogP contribution in [0.1, 0.15) is 18.6 Å². The minimum atomic E-state index is 0.159. The predicted molar refractivity (Wildman–Crippen MR) is 46.4 cm³/mol. The molecule has 1 aliphatic rings. The molecule has 60 valence electrons. The Morgan fingerprint density at radius 3 is 2.73 bits per heavy atom. The number of furan rings is 1. The van der Waals surface area contributed by atoms with E-state index in [1.165, 1.54) is 12.8 Å². The molecule has 1 aromatic heterocycles. The number of halogens is 1. The van der Waals surface area contributed by atoms with Crippen LogP contribution in [0.25, 0.3) is 0 Å². The van der Waals surface area contributed by atoms with Gasteiger partial charge in [-0.2, -0.15) is 0 Å². The highest BCUT2D eigenvalue weighted by Crippen LogP contribution is 2.45. The van der Waals surface area contributed by atoms with Crippen molar-refractivity contribution in [2.45, 2.75) is 18.4 Å². The molecule has 0 spiro atoms. The molecule has 3 heteroatoms. The molecule has 0 radical (unpaired) electrons. The van der Waals surface area contributed by atoms with Gasteiger partial charge < -0.3 is 9.73 Å². The zero-order chi connectivity index (χ0) is 7.90. The molecule has 2 rings (SSSR count). The van der Waals surface area contributed by atoms with Gasteiger partial charge in [0.25, 0.3) is 0 Å². The molecule has 0 bridgehead atoms. The Bertz CT molecular complexity index is 265. The Morgan fingerprint density at radius 2 is 2.36 bits per heavy atom. The van der Waals surface area contributed by atoms with Gasteiger partial charge in [0, 0.05) is 0 Å². The second kappa shape index (κ2) is 2.35. The van der Waals surface area contributed by atoms with Crippen molar-refractivity contribution >= 4 is 15.9 Å². The molecule has 1 fully saturated rings. The van der Waals surface area contributed by atoms with Crippen molar-refractivity contribution in [1.29, 1.82) is 0 Å². The second-order valence-electron chi connectivity index (χ2n) is 2.96. The summed E-state index contributed by atoms with van der Waals surface area (Å²) in [4.78, 5) is 0. The standard InChI is InChI=1S/C8H10BrNO/c1-10-8(2-3-8)7-4-6(9)5-11-7/h4-5,10H,2-3H2,1H3. The maximum Gasteiger partial charge on any atom is 0.124 e. The van der Waals surface area contributed by atoms with E-state index in [2.05, 4.69) is 21.2 Å². The summed E-state index contributed by atoms with van der Waals surface area (Å²) in [7, 11) is 1.98. The molecule has 0 aromatic carbocycles. The van der Waals surface area contributed by atoms with E-state index in [-0.39, 0.29) is 5.54 Å². The smallest absolute Gasteiger partial charge is 0.124 e. The molecule has 1 aromatic rings. The van der Waals surface area contributed by atoms with E-state index in [0.29, 0.717) is 0 Å². The fourth-order valence-electron chi connectivity index (χ4n) is 1.31. The highest BCUT2D eigenvalue weighted by molar-refractivity contribution is 9.10. The van der Waals surface area contributed by atoms with E-state index in [4.69, 9.17) is 4.42 Å². The van der Waals surface area contributed by atoms with Crippen LogP contribution in [-0.4, -0.2) is 7.05 Å². The molecular formula is C8H10BrNO. The molecule has 11 heavy (non-hydrogen) atoms. The van der Waals surface area contributed by atoms with Crippen LogP contribution < -0.4 is 5.32 Å². The van der Waals surface area contributed by atoms with Crippen molar-refractivity contribution in [3.8, 4) is 0 Å².